The highest BCUT2D eigenvalue weighted by atomic mass is 35.5. The minimum absolute atomic E-state index is 0.00664. The number of rotatable bonds is 2. The molecule has 0 saturated carbocycles. The van der Waals surface area contributed by atoms with E-state index in [0.29, 0.717) is 6.29 Å². The van der Waals surface area contributed by atoms with Crippen LogP contribution in [0.15, 0.2) is 30.3 Å². The van der Waals surface area contributed by atoms with E-state index in [1.54, 1.807) is 0 Å². The standard InChI is InChI=1S/C12H6ClF2NO/c13-8-4-5-10(16-11(8)6-17)7-2-1-3-9(14)12(7)15/h1-6H. The van der Waals surface area contributed by atoms with Crippen molar-refractivity contribution in [1.29, 1.82) is 0 Å². The number of nitrogens with zero attached hydrogens (tertiary/aromatic N) is 1. The van der Waals surface area contributed by atoms with Crippen LogP contribution in [0.3, 0.4) is 0 Å². The van der Waals surface area contributed by atoms with E-state index in [2.05, 4.69) is 4.98 Å². The van der Waals surface area contributed by atoms with Crippen molar-refractivity contribution in [2.45, 2.75) is 0 Å². The summed E-state index contributed by atoms with van der Waals surface area (Å²) in [6.07, 6.45) is 0.461. The summed E-state index contributed by atoms with van der Waals surface area (Å²) in [4.78, 5) is 14.5. The zero-order valence-corrected chi connectivity index (χ0v) is 9.21. The number of aromatic nitrogens is 1. The largest absolute Gasteiger partial charge is 0.296 e. The van der Waals surface area contributed by atoms with Crippen LogP contribution in [-0.2, 0) is 0 Å². The van der Waals surface area contributed by atoms with Gasteiger partial charge in [-0.15, -0.1) is 0 Å². The molecule has 0 unspecified atom stereocenters. The molecule has 1 heterocycles. The van der Waals surface area contributed by atoms with Gasteiger partial charge in [-0.3, -0.25) is 4.79 Å². The number of hydrogen-bond donors (Lipinski definition) is 0. The van der Waals surface area contributed by atoms with E-state index in [1.165, 1.54) is 24.3 Å². The van der Waals surface area contributed by atoms with Crippen molar-refractivity contribution in [3.05, 3.63) is 52.7 Å². The first-order valence-corrected chi connectivity index (χ1v) is 5.07. The summed E-state index contributed by atoms with van der Waals surface area (Å²) in [5, 5.41) is 0.167. The van der Waals surface area contributed by atoms with Gasteiger partial charge in [0.1, 0.15) is 5.69 Å². The van der Waals surface area contributed by atoms with E-state index in [0.717, 1.165) is 6.07 Å². The number of pyridine rings is 1. The Hall–Kier alpha value is -1.81. The van der Waals surface area contributed by atoms with E-state index in [4.69, 9.17) is 11.6 Å². The van der Waals surface area contributed by atoms with E-state index >= 15 is 0 Å². The Balaban J connectivity index is 2.61. The quantitative estimate of drug-likeness (QED) is 0.767. The van der Waals surface area contributed by atoms with Crippen molar-refractivity contribution in [1.82, 2.24) is 4.98 Å². The van der Waals surface area contributed by atoms with Crippen molar-refractivity contribution in [3.63, 3.8) is 0 Å². The smallest absolute Gasteiger partial charge is 0.169 e. The van der Waals surface area contributed by atoms with Crippen LogP contribution in [0.2, 0.25) is 5.02 Å². The summed E-state index contributed by atoms with van der Waals surface area (Å²) in [5.41, 5.74) is 0.145. The molecule has 2 aromatic rings. The Kier molecular flexibility index (Phi) is 3.15. The summed E-state index contributed by atoms with van der Waals surface area (Å²) in [6, 6.07) is 6.59. The maximum atomic E-state index is 13.5. The Morgan fingerprint density at radius 3 is 2.65 bits per heavy atom. The van der Waals surface area contributed by atoms with Gasteiger partial charge in [0, 0.05) is 5.56 Å². The van der Waals surface area contributed by atoms with Crippen LogP contribution in [-0.4, -0.2) is 11.3 Å². The van der Waals surface area contributed by atoms with Gasteiger partial charge in [0.05, 0.1) is 10.7 Å². The van der Waals surface area contributed by atoms with Gasteiger partial charge in [-0.25, -0.2) is 13.8 Å². The lowest BCUT2D eigenvalue weighted by Gasteiger charge is -2.04. The van der Waals surface area contributed by atoms with Crippen molar-refractivity contribution in [3.8, 4) is 11.3 Å². The average molecular weight is 254 g/mol. The summed E-state index contributed by atoms with van der Waals surface area (Å²) in [5.74, 6) is -1.97. The number of hydrogen-bond acceptors (Lipinski definition) is 2. The number of carbonyl (C=O) groups excluding carboxylic acids is 1. The molecule has 0 spiro atoms. The fourth-order valence-corrected chi connectivity index (χ4v) is 1.54. The van der Waals surface area contributed by atoms with Crippen LogP contribution in [0.25, 0.3) is 11.3 Å². The van der Waals surface area contributed by atoms with E-state index in [-0.39, 0.29) is 22.0 Å². The average Bonchev–Trinajstić information content (AvgIpc) is 2.34. The third-order valence-electron chi connectivity index (χ3n) is 2.21. The second kappa shape index (κ2) is 4.59. The first-order chi connectivity index (χ1) is 8.13. The van der Waals surface area contributed by atoms with Crippen LogP contribution in [0, 0.1) is 11.6 Å². The molecule has 5 heteroatoms. The van der Waals surface area contributed by atoms with Gasteiger partial charge >= 0.3 is 0 Å². The van der Waals surface area contributed by atoms with Gasteiger partial charge in [0.25, 0.3) is 0 Å². The second-order valence-electron chi connectivity index (χ2n) is 3.28. The molecule has 2 nitrogen and oxygen atoms in total. The number of aldehydes is 1. The summed E-state index contributed by atoms with van der Waals surface area (Å²) >= 11 is 5.69. The SMILES string of the molecule is O=Cc1nc(-c2cccc(F)c2F)ccc1Cl. The molecule has 1 aromatic heterocycles. The highest BCUT2D eigenvalue weighted by Gasteiger charge is 2.12. The summed E-state index contributed by atoms with van der Waals surface area (Å²) in [6.45, 7) is 0. The molecule has 17 heavy (non-hydrogen) atoms. The highest BCUT2D eigenvalue weighted by Crippen LogP contribution is 2.24. The third kappa shape index (κ3) is 2.17. The maximum absolute atomic E-state index is 13.5. The fourth-order valence-electron chi connectivity index (χ4n) is 1.39. The van der Waals surface area contributed by atoms with Crippen LogP contribution < -0.4 is 0 Å². The fraction of sp³-hybridized carbons (Fsp3) is 0. The van der Waals surface area contributed by atoms with Crippen LogP contribution in [0.5, 0.6) is 0 Å². The maximum Gasteiger partial charge on any atom is 0.169 e. The van der Waals surface area contributed by atoms with Gasteiger partial charge < -0.3 is 0 Å². The molecule has 1 aromatic carbocycles. The van der Waals surface area contributed by atoms with E-state index in [9.17, 15) is 13.6 Å². The minimum Gasteiger partial charge on any atom is -0.296 e. The molecule has 0 N–H and O–H groups in total. The Morgan fingerprint density at radius 2 is 1.94 bits per heavy atom. The number of halogens is 3. The molecule has 2 rings (SSSR count). The molecule has 0 saturated heterocycles. The normalized spacial score (nSPS) is 10.3. The lowest BCUT2D eigenvalue weighted by Crippen LogP contribution is -1.95. The first kappa shape index (κ1) is 11.7. The predicted octanol–water partition coefficient (Wildman–Crippen LogP) is 3.49. The van der Waals surface area contributed by atoms with Gasteiger partial charge in [0.2, 0.25) is 0 Å². The molecule has 0 aliphatic rings. The van der Waals surface area contributed by atoms with Crippen molar-refractivity contribution in [2.24, 2.45) is 0 Å². The molecule has 0 amide bonds. The van der Waals surface area contributed by atoms with Crippen LogP contribution in [0.4, 0.5) is 8.78 Å². The molecule has 0 aliphatic heterocycles. The topological polar surface area (TPSA) is 30.0 Å². The molecular weight excluding hydrogens is 248 g/mol. The zero-order valence-electron chi connectivity index (χ0n) is 8.45. The molecular formula is C12H6ClF2NO. The molecule has 0 bridgehead atoms. The molecule has 0 radical (unpaired) electrons. The Labute approximate surface area is 101 Å². The van der Waals surface area contributed by atoms with Gasteiger partial charge in [-0.1, -0.05) is 17.7 Å². The van der Waals surface area contributed by atoms with Gasteiger partial charge in [0.15, 0.2) is 17.9 Å². The molecule has 86 valence electrons. The van der Waals surface area contributed by atoms with E-state index < -0.39 is 11.6 Å². The number of carbonyl (C=O) groups is 1. The lowest BCUT2D eigenvalue weighted by atomic mass is 10.1. The summed E-state index contributed by atoms with van der Waals surface area (Å²) < 4.78 is 26.5. The van der Waals surface area contributed by atoms with Gasteiger partial charge in [-0.05, 0) is 24.3 Å². The second-order valence-corrected chi connectivity index (χ2v) is 3.69. The minimum atomic E-state index is -1.00. The van der Waals surface area contributed by atoms with Crippen molar-refractivity contribution >= 4 is 17.9 Å². The van der Waals surface area contributed by atoms with Crippen LogP contribution >= 0.6 is 11.6 Å². The lowest BCUT2D eigenvalue weighted by molar-refractivity contribution is 0.111. The molecule has 0 aliphatic carbocycles. The Morgan fingerprint density at radius 1 is 1.18 bits per heavy atom. The van der Waals surface area contributed by atoms with E-state index in [1.807, 2.05) is 0 Å². The van der Waals surface area contributed by atoms with Crippen molar-refractivity contribution < 1.29 is 13.6 Å². The Bertz CT molecular complexity index is 587. The number of benzene rings is 1. The van der Waals surface area contributed by atoms with Gasteiger partial charge in [-0.2, -0.15) is 0 Å². The first-order valence-electron chi connectivity index (χ1n) is 4.69. The monoisotopic (exact) mass is 253 g/mol. The predicted molar refractivity (Wildman–Crippen MR) is 60.0 cm³/mol. The summed E-state index contributed by atoms with van der Waals surface area (Å²) in [7, 11) is 0. The highest BCUT2D eigenvalue weighted by molar-refractivity contribution is 6.32. The van der Waals surface area contributed by atoms with Crippen LogP contribution in [0.1, 0.15) is 10.5 Å². The third-order valence-corrected chi connectivity index (χ3v) is 2.53. The molecule has 0 atom stereocenters. The molecule has 0 fully saturated rings. The zero-order chi connectivity index (χ0) is 12.4. The van der Waals surface area contributed by atoms with Crippen molar-refractivity contribution in [2.75, 3.05) is 0 Å².